The Hall–Kier alpha value is -3.10. The molecule has 1 spiro atoms. The number of likely N-dealkylation sites (tertiary alicyclic amines) is 1. The molecule has 2 N–H and O–H groups in total. The highest BCUT2D eigenvalue weighted by atomic mass is 79.9. The Morgan fingerprint density at radius 1 is 1.15 bits per heavy atom. The van der Waals surface area contributed by atoms with Gasteiger partial charge in [-0.2, -0.15) is 0 Å². The van der Waals surface area contributed by atoms with Crippen LogP contribution in [0.15, 0.2) is 55.6 Å². The zero-order valence-corrected chi connectivity index (χ0v) is 32.2. The number of allylic oxidation sites excluding steroid dienone is 1. The molecule has 12 nitrogen and oxygen atoms in total. The molecule has 4 aliphatic heterocycles. The second-order valence-corrected chi connectivity index (χ2v) is 16.0. The predicted octanol–water partition coefficient (Wildman–Crippen LogP) is 3.24. The van der Waals surface area contributed by atoms with E-state index < -0.39 is 59.6 Å². The summed E-state index contributed by atoms with van der Waals surface area (Å²) in [6.07, 6.45) is 3.29. The van der Waals surface area contributed by atoms with E-state index in [0.29, 0.717) is 51.1 Å². The summed E-state index contributed by atoms with van der Waals surface area (Å²) >= 11 is 3.76. The van der Waals surface area contributed by atoms with Crippen LogP contribution in [0.2, 0.25) is 0 Å². The molecule has 13 heteroatoms. The molecule has 4 fully saturated rings. The summed E-state index contributed by atoms with van der Waals surface area (Å²) in [6.45, 7) is 17.1. The van der Waals surface area contributed by atoms with Gasteiger partial charge in [0.25, 0.3) is 0 Å². The highest BCUT2D eigenvalue weighted by Gasteiger charge is 2.77. The normalized spacial score (nSPS) is 28.6. The van der Waals surface area contributed by atoms with E-state index in [1.165, 1.54) is 4.90 Å². The number of fused-ring (bicyclic) bond motifs is 1. The third-order valence-corrected chi connectivity index (χ3v) is 11.7. The van der Waals surface area contributed by atoms with Crippen LogP contribution in [-0.4, -0.2) is 131 Å². The number of hydrogen-bond acceptors (Lipinski definition) is 9. The average molecular weight is 788 g/mol. The van der Waals surface area contributed by atoms with Gasteiger partial charge < -0.3 is 34.4 Å². The minimum Gasteiger partial charge on any atom is -0.455 e. The van der Waals surface area contributed by atoms with E-state index >= 15 is 0 Å². The maximum Gasteiger partial charge on any atom is 0.313 e. The molecular formula is C39H55BrN4O8. The van der Waals surface area contributed by atoms with E-state index in [0.717, 1.165) is 13.1 Å². The molecule has 4 aliphatic rings. The third kappa shape index (κ3) is 8.33. The van der Waals surface area contributed by atoms with Crippen molar-refractivity contribution in [3.63, 3.8) is 0 Å². The van der Waals surface area contributed by atoms with Gasteiger partial charge in [0.15, 0.2) is 0 Å². The molecule has 1 aromatic carbocycles. The van der Waals surface area contributed by atoms with Gasteiger partial charge in [-0.25, -0.2) is 0 Å². The number of carbonyl (C=O) groups is 4. The molecule has 0 aromatic heterocycles. The maximum atomic E-state index is 14.9. The summed E-state index contributed by atoms with van der Waals surface area (Å²) in [5.41, 5.74) is -0.640. The summed E-state index contributed by atoms with van der Waals surface area (Å²) in [7, 11) is 0. The van der Waals surface area contributed by atoms with Gasteiger partial charge in [0.1, 0.15) is 17.7 Å². The van der Waals surface area contributed by atoms with Crippen molar-refractivity contribution in [1.82, 2.24) is 20.0 Å². The highest BCUT2D eigenvalue weighted by Crippen LogP contribution is 2.61. The summed E-state index contributed by atoms with van der Waals surface area (Å²) < 4.78 is 18.6. The van der Waals surface area contributed by atoms with Crippen LogP contribution in [0.1, 0.15) is 58.1 Å². The fourth-order valence-corrected chi connectivity index (χ4v) is 9.42. The van der Waals surface area contributed by atoms with Gasteiger partial charge in [0.05, 0.1) is 49.8 Å². The van der Waals surface area contributed by atoms with Crippen LogP contribution < -0.4 is 5.32 Å². The second kappa shape index (κ2) is 17.8. The van der Waals surface area contributed by atoms with Crippen molar-refractivity contribution in [3.05, 3.63) is 61.2 Å². The summed E-state index contributed by atoms with van der Waals surface area (Å²) in [4.78, 5) is 62.1. The number of aliphatic hydroxyl groups excluding tert-OH is 1. The fourth-order valence-electron chi connectivity index (χ4n) is 8.48. The maximum absolute atomic E-state index is 14.9. The van der Waals surface area contributed by atoms with Crippen LogP contribution in [0.4, 0.5) is 0 Å². The molecule has 1 unspecified atom stereocenters. The Bertz CT molecular complexity index is 1440. The lowest BCUT2D eigenvalue weighted by Crippen LogP contribution is -2.59. The number of amides is 3. The van der Waals surface area contributed by atoms with Crippen molar-refractivity contribution in [1.29, 1.82) is 0 Å². The number of hydrogen-bond donors (Lipinski definition) is 2. The number of esters is 1. The molecule has 52 heavy (non-hydrogen) atoms. The zero-order chi connectivity index (χ0) is 37.6. The first-order valence-electron chi connectivity index (χ1n) is 18.6. The Morgan fingerprint density at radius 3 is 2.50 bits per heavy atom. The van der Waals surface area contributed by atoms with Crippen molar-refractivity contribution in [3.8, 4) is 0 Å². The molecule has 286 valence electrons. The number of halogens is 1. The molecule has 2 bridgehead atoms. The van der Waals surface area contributed by atoms with Crippen molar-refractivity contribution in [2.24, 2.45) is 17.8 Å². The number of alkyl halides is 1. The third-order valence-electron chi connectivity index (χ3n) is 10.8. The van der Waals surface area contributed by atoms with Crippen LogP contribution in [0.3, 0.4) is 0 Å². The fraction of sp³-hybridized carbons (Fsp3) is 0.641. The minimum absolute atomic E-state index is 0.112. The molecule has 4 saturated heterocycles. The van der Waals surface area contributed by atoms with Crippen molar-refractivity contribution < 1.29 is 38.5 Å². The predicted molar refractivity (Wildman–Crippen MR) is 199 cm³/mol. The minimum atomic E-state index is -1.33. The molecule has 0 aliphatic carbocycles. The van der Waals surface area contributed by atoms with E-state index in [9.17, 15) is 24.3 Å². The SMILES string of the molecule is C=CCCC(=O)N[C@H](C)[C@@H](OC(=O)[C@@H]1[C@H]2O[C@@]3(CC2Br)[C@H](C(=O)N(CC=C)CCN2CCOCC2)N([C@@H](CO)CC(C)C)C(=O)[C@@H]13)c1ccccc1. The van der Waals surface area contributed by atoms with E-state index in [2.05, 4.69) is 39.3 Å². The topological polar surface area (TPSA) is 138 Å². The quantitative estimate of drug-likeness (QED) is 0.131. The number of rotatable bonds is 18. The lowest BCUT2D eigenvalue weighted by Gasteiger charge is -2.40. The number of nitrogens with one attached hydrogen (secondary N) is 1. The van der Waals surface area contributed by atoms with Gasteiger partial charge in [-0.1, -0.05) is 72.3 Å². The molecular weight excluding hydrogens is 732 g/mol. The van der Waals surface area contributed by atoms with E-state index in [4.69, 9.17) is 14.2 Å². The van der Waals surface area contributed by atoms with E-state index in [-0.39, 0.29) is 42.1 Å². The molecule has 9 atom stereocenters. The van der Waals surface area contributed by atoms with Crippen LogP contribution in [-0.2, 0) is 33.4 Å². The van der Waals surface area contributed by atoms with Gasteiger partial charge in [-0.15, -0.1) is 13.2 Å². The first kappa shape index (κ1) is 40.1. The van der Waals surface area contributed by atoms with Gasteiger partial charge in [-0.3, -0.25) is 24.1 Å². The van der Waals surface area contributed by atoms with Crippen molar-refractivity contribution in [2.45, 2.75) is 87.2 Å². The standard InChI is InChI=1S/C39H55BrN4O8/c1-6-8-14-30(46)41-26(5)33(27-12-10-9-11-13-27)51-38(49)31-32-36(47)44(28(24-45)22-25(3)4)35(39(32)23-29(40)34(31)52-39)37(48)43(15-7-2)17-16-42-18-20-50-21-19-42/h6-7,9-13,25-26,28-29,31-35,45H,1-2,8,14-24H2,3-5H3,(H,41,46)/t26-,28-,29?,31+,32-,33-,34+,35+,39-/m1/s1. The lowest BCUT2D eigenvalue weighted by atomic mass is 9.70. The van der Waals surface area contributed by atoms with Crippen LogP contribution in [0, 0.1) is 17.8 Å². The first-order chi connectivity index (χ1) is 25.0. The summed E-state index contributed by atoms with van der Waals surface area (Å²) in [5.74, 6) is -3.44. The van der Waals surface area contributed by atoms with Gasteiger partial charge in [0.2, 0.25) is 17.7 Å². The van der Waals surface area contributed by atoms with E-state index in [1.807, 2.05) is 44.2 Å². The Kier molecular flexibility index (Phi) is 13.7. The van der Waals surface area contributed by atoms with Crippen LogP contribution in [0.25, 0.3) is 0 Å². The molecule has 3 amide bonds. The number of ether oxygens (including phenoxy) is 3. The Morgan fingerprint density at radius 2 is 1.87 bits per heavy atom. The Balaban J connectivity index is 1.48. The summed E-state index contributed by atoms with van der Waals surface area (Å²) in [6, 6.07) is 6.85. The smallest absolute Gasteiger partial charge is 0.313 e. The molecule has 0 saturated carbocycles. The lowest BCUT2D eigenvalue weighted by molar-refractivity contribution is -0.162. The monoisotopic (exact) mass is 786 g/mol. The number of morpholine rings is 1. The zero-order valence-electron chi connectivity index (χ0n) is 30.7. The van der Waals surface area contributed by atoms with Crippen molar-refractivity contribution in [2.75, 3.05) is 52.5 Å². The van der Waals surface area contributed by atoms with Crippen LogP contribution in [0.5, 0.6) is 0 Å². The van der Waals surface area contributed by atoms with Gasteiger partial charge >= 0.3 is 5.97 Å². The number of carbonyl (C=O) groups excluding carboxylic acids is 4. The van der Waals surface area contributed by atoms with Gasteiger partial charge in [0, 0.05) is 44.0 Å². The number of aliphatic hydroxyl groups is 1. The number of nitrogens with zero attached hydrogens (tertiary/aromatic N) is 3. The molecule has 0 radical (unpaired) electrons. The second-order valence-electron chi connectivity index (χ2n) is 14.9. The first-order valence-corrected chi connectivity index (χ1v) is 19.5. The average Bonchev–Trinajstić information content (AvgIpc) is 3.73. The molecule has 1 aromatic rings. The van der Waals surface area contributed by atoms with Crippen molar-refractivity contribution >= 4 is 39.6 Å². The number of benzene rings is 1. The van der Waals surface area contributed by atoms with Gasteiger partial charge in [-0.05, 0) is 37.7 Å². The molecule has 4 heterocycles. The molecule has 5 rings (SSSR count). The van der Waals surface area contributed by atoms with E-state index in [1.54, 1.807) is 24.0 Å². The Labute approximate surface area is 316 Å². The van der Waals surface area contributed by atoms with Crippen LogP contribution >= 0.6 is 15.9 Å². The summed E-state index contributed by atoms with van der Waals surface area (Å²) in [5, 5.41) is 13.7. The highest BCUT2D eigenvalue weighted by molar-refractivity contribution is 9.09. The largest absolute Gasteiger partial charge is 0.455 e.